The van der Waals surface area contributed by atoms with Crippen LogP contribution < -0.4 is 0 Å². The van der Waals surface area contributed by atoms with E-state index in [9.17, 15) is 5.11 Å². The number of aliphatic hydroxyl groups is 1. The van der Waals surface area contributed by atoms with Crippen molar-refractivity contribution in [3.63, 3.8) is 0 Å². The second-order valence-electron chi connectivity index (χ2n) is 5.24. The Hall–Kier alpha value is -0.970. The Morgan fingerprint density at radius 1 is 1.39 bits per heavy atom. The highest BCUT2D eigenvalue weighted by Crippen LogP contribution is 2.16. The van der Waals surface area contributed by atoms with Gasteiger partial charge in [0.2, 0.25) is 0 Å². The van der Waals surface area contributed by atoms with E-state index in [2.05, 4.69) is 28.8 Å². The summed E-state index contributed by atoms with van der Waals surface area (Å²) in [6, 6.07) is 4.91. The molecule has 0 saturated carbocycles. The van der Waals surface area contributed by atoms with Crippen LogP contribution in [0.1, 0.15) is 18.9 Å². The van der Waals surface area contributed by atoms with Gasteiger partial charge in [0, 0.05) is 44.1 Å². The molecule has 1 aromatic heterocycles. The molecule has 0 aliphatic carbocycles. The third-order valence-corrected chi connectivity index (χ3v) is 3.95. The molecule has 4 heteroatoms. The minimum absolute atomic E-state index is 0.224. The quantitative estimate of drug-likeness (QED) is 0.866. The smallest absolute Gasteiger partial charge is 0.0599 e. The number of nitrogens with zero attached hydrogens (tertiary/aromatic N) is 3. The molecule has 1 aromatic rings. The summed E-state index contributed by atoms with van der Waals surface area (Å²) in [6.07, 6.45) is 4.81. The molecule has 0 spiro atoms. The molecule has 0 aromatic carbocycles. The summed E-state index contributed by atoms with van der Waals surface area (Å²) in [5.41, 5.74) is 1.26. The summed E-state index contributed by atoms with van der Waals surface area (Å²) in [5.74, 6) is 0. The zero-order valence-corrected chi connectivity index (χ0v) is 11.3. The van der Waals surface area contributed by atoms with Gasteiger partial charge in [0.25, 0.3) is 0 Å². The highest BCUT2D eigenvalue weighted by atomic mass is 16.3. The molecule has 2 rings (SSSR count). The fourth-order valence-corrected chi connectivity index (χ4v) is 2.49. The van der Waals surface area contributed by atoms with Gasteiger partial charge in [0.05, 0.1) is 6.61 Å². The monoisotopic (exact) mass is 249 g/mol. The first-order chi connectivity index (χ1) is 8.70. The molecule has 2 atom stereocenters. The molecule has 1 fully saturated rings. The van der Waals surface area contributed by atoms with Gasteiger partial charge in [0.15, 0.2) is 0 Å². The average Bonchev–Trinajstić information content (AvgIpc) is 2.53. The van der Waals surface area contributed by atoms with Gasteiger partial charge >= 0.3 is 0 Å². The minimum Gasteiger partial charge on any atom is -0.395 e. The van der Waals surface area contributed by atoms with E-state index in [1.165, 1.54) is 5.56 Å². The van der Waals surface area contributed by atoms with Gasteiger partial charge in [-0.3, -0.25) is 9.88 Å². The first kappa shape index (κ1) is 13.5. The molecule has 18 heavy (non-hydrogen) atoms. The van der Waals surface area contributed by atoms with E-state index in [1.54, 1.807) is 0 Å². The Morgan fingerprint density at radius 3 is 2.78 bits per heavy atom. The second kappa shape index (κ2) is 6.27. The lowest BCUT2D eigenvalue weighted by Gasteiger charge is -2.29. The molecule has 0 amide bonds. The largest absolute Gasteiger partial charge is 0.395 e. The maximum Gasteiger partial charge on any atom is 0.0599 e. The van der Waals surface area contributed by atoms with E-state index in [4.69, 9.17) is 0 Å². The van der Waals surface area contributed by atoms with Gasteiger partial charge in [-0.05, 0) is 38.1 Å². The standard InChI is InChI=1S/C14H23N3O/c1-12-5-8-17(14(11-18)10-16(12)2)9-13-3-6-15-7-4-13/h3-4,6-7,12,14,18H,5,8-11H2,1-2H3. The molecule has 1 N–H and O–H groups in total. The lowest BCUT2D eigenvalue weighted by Crippen LogP contribution is -2.42. The van der Waals surface area contributed by atoms with Gasteiger partial charge < -0.3 is 10.0 Å². The van der Waals surface area contributed by atoms with Crippen molar-refractivity contribution >= 4 is 0 Å². The minimum atomic E-state index is 0.224. The molecule has 0 radical (unpaired) electrons. The summed E-state index contributed by atoms with van der Waals surface area (Å²) < 4.78 is 0. The van der Waals surface area contributed by atoms with E-state index >= 15 is 0 Å². The van der Waals surface area contributed by atoms with Gasteiger partial charge in [0.1, 0.15) is 0 Å². The topological polar surface area (TPSA) is 39.6 Å². The number of pyridine rings is 1. The van der Waals surface area contributed by atoms with Gasteiger partial charge in [-0.15, -0.1) is 0 Å². The maximum atomic E-state index is 9.59. The van der Waals surface area contributed by atoms with Crippen molar-refractivity contribution in [2.75, 3.05) is 26.7 Å². The zero-order chi connectivity index (χ0) is 13.0. The Morgan fingerprint density at radius 2 is 2.11 bits per heavy atom. The summed E-state index contributed by atoms with van der Waals surface area (Å²) >= 11 is 0. The van der Waals surface area contributed by atoms with Crippen molar-refractivity contribution in [1.82, 2.24) is 14.8 Å². The number of rotatable bonds is 3. The van der Waals surface area contributed by atoms with Crippen molar-refractivity contribution < 1.29 is 5.11 Å². The molecule has 100 valence electrons. The van der Waals surface area contributed by atoms with Crippen LogP contribution in [0.3, 0.4) is 0 Å². The number of hydrogen-bond acceptors (Lipinski definition) is 4. The van der Waals surface area contributed by atoms with Crippen LogP contribution in [0, 0.1) is 0 Å². The van der Waals surface area contributed by atoms with Crippen LogP contribution in [-0.4, -0.2) is 58.7 Å². The summed E-state index contributed by atoms with van der Waals surface area (Å²) in [4.78, 5) is 8.77. The predicted molar refractivity (Wildman–Crippen MR) is 72.2 cm³/mol. The Balaban J connectivity index is 2.05. The molecular formula is C14H23N3O. The third-order valence-electron chi connectivity index (χ3n) is 3.95. The number of likely N-dealkylation sites (N-methyl/N-ethyl adjacent to an activating group) is 1. The maximum absolute atomic E-state index is 9.59. The fourth-order valence-electron chi connectivity index (χ4n) is 2.49. The van der Waals surface area contributed by atoms with Gasteiger partial charge in [-0.25, -0.2) is 0 Å². The molecular weight excluding hydrogens is 226 g/mol. The van der Waals surface area contributed by atoms with E-state index in [0.717, 1.165) is 26.1 Å². The SMILES string of the molecule is CC1CCN(Cc2ccncc2)C(CO)CN1C. The fraction of sp³-hybridized carbons (Fsp3) is 0.643. The summed E-state index contributed by atoms with van der Waals surface area (Å²) in [6.45, 7) is 5.35. The van der Waals surface area contributed by atoms with Crippen LogP contribution in [0.5, 0.6) is 0 Å². The average molecular weight is 249 g/mol. The molecule has 1 aliphatic rings. The first-order valence-electron chi connectivity index (χ1n) is 6.64. The van der Waals surface area contributed by atoms with Crippen LogP contribution in [0.15, 0.2) is 24.5 Å². The highest BCUT2D eigenvalue weighted by molar-refractivity contribution is 5.09. The predicted octanol–water partition coefficient (Wildman–Crippen LogP) is 0.968. The highest BCUT2D eigenvalue weighted by Gasteiger charge is 2.25. The van der Waals surface area contributed by atoms with Crippen LogP contribution >= 0.6 is 0 Å². The van der Waals surface area contributed by atoms with E-state index in [-0.39, 0.29) is 12.6 Å². The molecule has 0 bridgehead atoms. The molecule has 1 saturated heterocycles. The van der Waals surface area contributed by atoms with E-state index in [1.807, 2.05) is 24.5 Å². The summed E-state index contributed by atoms with van der Waals surface area (Å²) in [5, 5.41) is 9.59. The lowest BCUT2D eigenvalue weighted by atomic mass is 10.2. The Bertz CT molecular complexity index is 357. The van der Waals surface area contributed by atoms with Crippen LogP contribution in [0.2, 0.25) is 0 Å². The van der Waals surface area contributed by atoms with Crippen LogP contribution in [0.25, 0.3) is 0 Å². The number of hydrogen-bond donors (Lipinski definition) is 1. The van der Waals surface area contributed by atoms with Gasteiger partial charge in [-0.2, -0.15) is 0 Å². The van der Waals surface area contributed by atoms with Crippen molar-refractivity contribution in [3.8, 4) is 0 Å². The van der Waals surface area contributed by atoms with E-state index in [0.29, 0.717) is 6.04 Å². The van der Waals surface area contributed by atoms with Crippen LogP contribution in [-0.2, 0) is 6.54 Å². The van der Waals surface area contributed by atoms with E-state index < -0.39 is 0 Å². The normalized spacial score (nSPS) is 27.1. The molecule has 2 unspecified atom stereocenters. The zero-order valence-electron chi connectivity index (χ0n) is 11.3. The number of aromatic nitrogens is 1. The lowest BCUT2D eigenvalue weighted by molar-refractivity contribution is 0.109. The van der Waals surface area contributed by atoms with Crippen molar-refractivity contribution in [2.24, 2.45) is 0 Å². The van der Waals surface area contributed by atoms with Crippen molar-refractivity contribution in [3.05, 3.63) is 30.1 Å². The number of aliphatic hydroxyl groups excluding tert-OH is 1. The third kappa shape index (κ3) is 3.28. The first-order valence-corrected chi connectivity index (χ1v) is 6.64. The van der Waals surface area contributed by atoms with Crippen molar-refractivity contribution in [2.45, 2.75) is 32.0 Å². The Kier molecular flexibility index (Phi) is 4.69. The van der Waals surface area contributed by atoms with Crippen LogP contribution in [0.4, 0.5) is 0 Å². The molecule has 4 nitrogen and oxygen atoms in total. The molecule has 2 heterocycles. The summed E-state index contributed by atoms with van der Waals surface area (Å²) in [7, 11) is 2.14. The van der Waals surface area contributed by atoms with Crippen molar-refractivity contribution in [1.29, 1.82) is 0 Å². The van der Waals surface area contributed by atoms with Gasteiger partial charge in [-0.1, -0.05) is 0 Å². The molecule has 1 aliphatic heterocycles. The Labute approximate surface area is 109 Å². The second-order valence-corrected chi connectivity index (χ2v) is 5.24.